The van der Waals surface area contributed by atoms with Crippen molar-refractivity contribution < 1.29 is 14.4 Å². The molecule has 0 saturated carbocycles. The SMILES string of the molecule is Cc1cc(C(=O)CN2C(=O)N[C@@H](Cc3c[nH]c4ccccc34)C2=O)c(C)n1-c1nccs1. The molecule has 1 aliphatic rings. The lowest BCUT2D eigenvalue weighted by atomic mass is 10.0. The number of amides is 3. The van der Waals surface area contributed by atoms with Gasteiger partial charge in [0.25, 0.3) is 5.91 Å². The monoisotopic (exact) mass is 447 g/mol. The molecule has 9 heteroatoms. The number of para-hydroxylation sites is 1. The molecule has 4 heterocycles. The maximum atomic E-state index is 13.0. The minimum Gasteiger partial charge on any atom is -0.361 e. The number of benzene rings is 1. The van der Waals surface area contributed by atoms with E-state index in [1.54, 1.807) is 12.3 Å². The summed E-state index contributed by atoms with van der Waals surface area (Å²) >= 11 is 1.48. The lowest BCUT2D eigenvalue weighted by Gasteiger charge is -2.12. The Balaban J connectivity index is 1.34. The van der Waals surface area contributed by atoms with E-state index >= 15 is 0 Å². The number of hydrogen-bond donors (Lipinski definition) is 2. The van der Waals surface area contributed by atoms with Crippen molar-refractivity contribution in [3.8, 4) is 5.13 Å². The number of Topliss-reactive ketones (excluding diaryl/α,β-unsaturated/α-hetero) is 1. The van der Waals surface area contributed by atoms with Crippen molar-refractivity contribution in [3.63, 3.8) is 0 Å². The molecule has 1 aliphatic heterocycles. The summed E-state index contributed by atoms with van der Waals surface area (Å²) in [6.45, 7) is 3.45. The number of aryl methyl sites for hydroxylation is 1. The number of carbonyl (C=O) groups is 3. The lowest BCUT2D eigenvalue weighted by molar-refractivity contribution is -0.127. The van der Waals surface area contributed by atoms with Crippen molar-refractivity contribution >= 4 is 40.0 Å². The molecular formula is C23H21N5O3S. The zero-order valence-electron chi connectivity index (χ0n) is 17.6. The smallest absolute Gasteiger partial charge is 0.325 e. The third-order valence-corrected chi connectivity index (χ3v) is 6.61. The van der Waals surface area contributed by atoms with Gasteiger partial charge >= 0.3 is 6.03 Å². The fourth-order valence-corrected chi connectivity index (χ4v) is 5.03. The number of aromatic nitrogens is 3. The highest BCUT2D eigenvalue weighted by atomic mass is 32.1. The number of hydrogen-bond acceptors (Lipinski definition) is 5. The molecule has 1 saturated heterocycles. The number of urea groups is 1. The molecule has 8 nitrogen and oxygen atoms in total. The van der Waals surface area contributed by atoms with E-state index in [9.17, 15) is 14.4 Å². The molecule has 162 valence electrons. The first-order chi connectivity index (χ1) is 15.4. The van der Waals surface area contributed by atoms with Gasteiger partial charge < -0.3 is 10.3 Å². The van der Waals surface area contributed by atoms with E-state index in [2.05, 4.69) is 15.3 Å². The summed E-state index contributed by atoms with van der Waals surface area (Å²) in [5, 5.41) is 6.38. The second-order valence-corrected chi connectivity index (χ2v) is 8.72. The van der Waals surface area contributed by atoms with Crippen molar-refractivity contribution in [1.29, 1.82) is 0 Å². The Morgan fingerprint density at radius 1 is 1.22 bits per heavy atom. The normalized spacial score (nSPS) is 16.2. The van der Waals surface area contributed by atoms with Gasteiger partial charge in [0.15, 0.2) is 10.9 Å². The fraction of sp³-hybridized carbons (Fsp3) is 0.217. The number of aromatic amines is 1. The van der Waals surface area contributed by atoms with Gasteiger partial charge in [0.2, 0.25) is 0 Å². The van der Waals surface area contributed by atoms with Gasteiger partial charge in [0, 0.05) is 52.0 Å². The standard InChI is InChI=1S/C23H21N5O3S/c1-13-9-17(14(2)28(13)23-24-7-8-32-23)20(29)12-27-21(30)19(26-22(27)31)10-15-11-25-18-6-4-3-5-16(15)18/h3-9,11,19,25H,10,12H2,1-2H3,(H,26,31)/t19-/m0/s1. The third kappa shape index (κ3) is 3.31. The van der Waals surface area contributed by atoms with E-state index in [1.165, 1.54) is 11.3 Å². The van der Waals surface area contributed by atoms with Gasteiger partial charge in [-0.05, 0) is 31.5 Å². The Morgan fingerprint density at radius 2 is 2.03 bits per heavy atom. The summed E-state index contributed by atoms with van der Waals surface area (Å²) in [6, 6.07) is 8.34. The van der Waals surface area contributed by atoms with E-state index < -0.39 is 12.1 Å². The molecule has 2 N–H and O–H groups in total. The summed E-state index contributed by atoms with van der Waals surface area (Å²) in [7, 11) is 0. The number of nitrogens with zero attached hydrogens (tertiary/aromatic N) is 3. The predicted octanol–water partition coefficient (Wildman–Crippen LogP) is 3.38. The van der Waals surface area contributed by atoms with Crippen LogP contribution in [0.25, 0.3) is 16.0 Å². The van der Waals surface area contributed by atoms with Crippen molar-refractivity contribution in [2.45, 2.75) is 26.3 Å². The second kappa shape index (κ2) is 7.76. The number of nitrogens with one attached hydrogen (secondary N) is 2. The first-order valence-electron chi connectivity index (χ1n) is 10.2. The van der Waals surface area contributed by atoms with Crippen LogP contribution in [0.4, 0.5) is 4.79 Å². The number of carbonyl (C=O) groups excluding carboxylic acids is 3. The summed E-state index contributed by atoms with van der Waals surface area (Å²) in [5.41, 5.74) is 4.01. The first kappa shape index (κ1) is 20.2. The highest BCUT2D eigenvalue weighted by Gasteiger charge is 2.39. The van der Waals surface area contributed by atoms with Crippen LogP contribution in [0.1, 0.15) is 27.3 Å². The lowest BCUT2D eigenvalue weighted by Crippen LogP contribution is -2.36. The van der Waals surface area contributed by atoms with E-state index in [0.717, 1.165) is 37.9 Å². The number of rotatable bonds is 6. The Kier molecular flexibility index (Phi) is 4.90. The maximum Gasteiger partial charge on any atom is 0.325 e. The van der Waals surface area contributed by atoms with Gasteiger partial charge in [-0.2, -0.15) is 0 Å². The van der Waals surface area contributed by atoms with E-state index in [4.69, 9.17) is 0 Å². The third-order valence-electron chi connectivity index (χ3n) is 5.85. The molecule has 3 aromatic heterocycles. The molecule has 0 unspecified atom stereocenters. The second-order valence-electron chi connectivity index (χ2n) is 7.85. The van der Waals surface area contributed by atoms with Crippen molar-refractivity contribution in [3.05, 3.63) is 70.6 Å². The van der Waals surface area contributed by atoms with Crippen molar-refractivity contribution in [1.82, 2.24) is 24.8 Å². The summed E-state index contributed by atoms with van der Waals surface area (Å²) in [4.78, 5) is 47.0. The van der Waals surface area contributed by atoms with Gasteiger partial charge in [-0.1, -0.05) is 18.2 Å². The Bertz CT molecular complexity index is 1350. The Labute approximate surface area is 187 Å². The number of fused-ring (bicyclic) bond motifs is 1. The number of ketones is 1. The molecule has 4 aromatic rings. The number of imide groups is 1. The molecule has 0 aliphatic carbocycles. The molecule has 0 radical (unpaired) electrons. The van der Waals surface area contributed by atoms with Gasteiger partial charge in [0.05, 0.1) is 6.54 Å². The minimum absolute atomic E-state index is 0.280. The van der Waals surface area contributed by atoms with Crippen LogP contribution in [-0.2, 0) is 11.2 Å². The van der Waals surface area contributed by atoms with Gasteiger partial charge in [0.1, 0.15) is 6.04 Å². The first-order valence-corrected chi connectivity index (χ1v) is 11.1. The molecule has 0 spiro atoms. The molecule has 0 bridgehead atoms. The van der Waals surface area contributed by atoms with Gasteiger partial charge in [-0.3, -0.25) is 19.1 Å². The van der Waals surface area contributed by atoms with Crippen LogP contribution in [0.5, 0.6) is 0 Å². The summed E-state index contributed by atoms with van der Waals surface area (Å²) in [6.07, 6.45) is 3.92. The van der Waals surface area contributed by atoms with Gasteiger partial charge in [-0.15, -0.1) is 11.3 Å². The Morgan fingerprint density at radius 3 is 2.81 bits per heavy atom. The highest BCUT2D eigenvalue weighted by molar-refractivity contribution is 7.12. The van der Waals surface area contributed by atoms with E-state index in [-0.39, 0.29) is 18.2 Å². The van der Waals surface area contributed by atoms with Gasteiger partial charge in [-0.25, -0.2) is 9.78 Å². The van der Waals surface area contributed by atoms with Crippen LogP contribution in [0.15, 0.2) is 48.1 Å². The Hall–Kier alpha value is -3.72. The van der Waals surface area contributed by atoms with Crippen LogP contribution in [0.3, 0.4) is 0 Å². The molecule has 1 fully saturated rings. The minimum atomic E-state index is -0.697. The highest BCUT2D eigenvalue weighted by Crippen LogP contribution is 2.24. The zero-order chi connectivity index (χ0) is 22.4. The molecule has 1 atom stereocenters. The fourth-order valence-electron chi connectivity index (χ4n) is 4.28. The van der Waals surface area contributed by atoms with Crippen LogP contribution in [0.2, 0.25) is 0 Å². The summed E-state index contributed by atoms with van der Waals surface area (Å²) in [5.74, 6) is -0.667. The molecule has 32 heavy (non-hydrogen) atoms. The predicted molar refractivity (Wildman–Crippen MR) is 121 cm³/mol. The van der Waals surface area contributed by atoms with Crippen LogP contribution < -0.4 is 5.32 Å². The van der Waals surface area contributed by atoms with Crippen LogP contribution >= 0.6 is 11.3 Å². The van der Waals surface area contributed by atoms with E-state index in [0.29, 0.717) is 12.0 Å². The number of thiazole rings is 1. The van der Waals surface area contributed by atoms with Crippen LogP contribution in [0, 0.1) is 13.8 Å². The number of H-pyrrole nitrogens is 1. The quantitative estimate of drug-likeness (QED) is 0.350. The molecular weight excluding hydrogens is 426 g/mol. The molecule has 3 amide bonds. The van der Waals surface area contributed by atoms with Crippen molar-refractivity contribution in [2.75, 3.05) is 6.54 Å². The summed E-state index contributed by atoms with van der Waals surface area (Å²) < 4.78 is 1.91. The largest absolute Gasteiger partial charge is 0.361 e. The molecule has 5 rings (SSSR count). The zero-order valence-corrected chi connectivity index (χ0v) is 18.4. The average Bonchev–Trinajstić information content (AvgIpc) is 3.54. The van der Waals surface area contributed by atoms with Crippen molar-refractivity contribution in [2.24, 2.45) is 0 Å². The topological polar surface area (TPSA) is 100 Å². The van der Waals surface area contributed by atoms with Crippen LogP contribution in [-0.4, -0.2) is 49.7 Å². The van der Waals surface area contributed by atoms with E-state index in [1.807, 2.05) is 54.3 Å². The maximum absolute atomic E-state index is 13.0. The molecule has 1 aromatic carbocycles. The average molecular weight is 448 g/mol.